The Hall–Kier alpha value is -2.63. The number of hydrogen-bond acceptors (Lipinski definition) is 4. The van der Waals surface area contributed by atoms with E-state index >= 15 is 0 Å². The van der Waals surface area contributed by atoms with Gasteiger partial charge < -0.3 is 14.7 Å². The molecule has 1 aromatic heterocycles. The Bertz CT molecular complexity index is 746. The molecule has 6 nitrogen and oxygen atoms in total. The number of anilines is 1. The van der Waals surface area contributed by atoms with Gasteiger partial charge in [0.15, 0.2) is 5.82 Å². The number of aromatic nitrogens is 1. The highest BCUT2D eigenvalue weighted by Crippen LogP contribution is 2.19. The highest BCUT2D eigenvalue weighted by molar-refractivity contribution is 5.99. The van der Waals surface area contributed by atoms with Crippen molar-refractivity contribution in [1.29, 1.82) is 0 Å². The zero-order chi connectivity index (χ0) is 20.6. The van der Waals surface area contributed by atoms with Crippen molar-refractivity contribution in [1.82, 2.24) is 10.1 Å². The zero-order valence-corrected chi connectivity index (χ0v) is 17.3. The summed E-state index contributed by atoms with van der Waals surface area (Å²) in [6, 6.07) is 9.28. The summed E-state index contributed by atoms with van der Waals surface area (Å²) in [6.07, 6.45) is 7.28. The molecule has 0 saturated heterocycles. The minimum atomic E-state index is -0.503. The summed E-state index contributed by atoms with van der Waals surface area (Å²) < 4.78 is 4.71. The van der Waals surface area contributed by atoms with Crippen LogP contribution >= 0.6 is 0 Å². The van der Waals surface area contributed by atoms with Crippen LogP contribution in [0.4, 0.5) is 5.82 Å². The zero-order valence-electron chi connectivity index (χ0n) is 17.3. The fraction of sp³-hybridized carbons (Fsp3) is 0.500. The third-order valence-corrected chi connectivity index (χ3v) is 4.58. The largest absolute Gasteiger partial charge is 0.363 e. The first-order valence-electron chi connectivity index (χ1n) is 9.92. The van der Waals surface area contributed by atoms with E-state index in [2.05, 4.69) is 17.4 Å². The summed E-state index contributed by atoms with van der Waals surface area (Å²) in [7, 11) is 0. The monoisotopic (exact) mass is 385 g/mol. The van der Waals surface area contributed by atoms with Crippen LogP contribution in [0, 0.1) is 0 Å². The van der Waals surface area contributed by atoms with Gasteiger partial charge in [0.2, 0.25) is 5.91 Å². The first-order valence-corrected chi connectivity index (χ1v) is 9.92. The predicted octanol–water partition coefficient (Wildman–Crippen LogP) is 4.68. The van der Waals surface area contributed by atoms with E-state index in [-0.39, 0.29) is 18.4 Å². The third kappa shape index (κ3) is 6.51. The smallest absolute Gasteiger partial charge is 0.254 e. The second-order valence-electron chi connectivity index (χ2n) is 8.00. The molecule has 1 aromatic carbocycles. The fourth-order valence-corrected chi connectivity index (χ4v) is 2.94. The maximum absolute atomic E-state index is 13.1. The van der Waals surface area contributed by atoms with Crippen molar-refractivity contribution in [3.05, 3.63) is 47.7 Å². The minimum Gasteiger partial charge on any atom is -0.363 e. The van der Waals surface area contributed by atoms with Crippen molar-refractivity contribution < 1.29 is 14.1 Å². The summed E-state index contributed by atoms with van der Waals surface area (Å²) in [5.74, 6) is -0.149. The molecule has 2 aromatic rings. The lowest BCUT2D eigenvalue weighted by Gasteiger charge is -2.35. The molecule has 0 radical (unpaired) electrons. The molecule has 2 rings (SSSR count). The maximum atomic E-state index is 13.1. The Morgan fingerprint density at radius 3 is 2.36 bits per heavy atom. The lowest BCUT2D eigenvalue weighted by atomic mass is 10.0. The van der Waals surface area contributed by atoms with Crippen LogP contribution in [0.25, 0.3) is 0 Å². The van der Waals surface area contributed by atoms with Gasteiger partial charge in [0.05, 0.1) is 0 Å². The number of rotatable bonds is 9. The highest BCUT2D eigenvalue weighted by Gasteiger charge is 2.29. The van der Waals surface area contributed by atoms with E-state index in [1.165, 1.54) is 31.1 Å². The quantitative estimate of drug-likeness (QED) is 0.636. The van der Waals surface area contributed by atoms with Gasteiger partial charge in [-0.05, 0) is 51.3 Å². The Labute approximate surface area is 167 Å². The molecule has 0 bridgehead atoms. The van der Waals surface area contributed by atoms with Crippen molar-refractivity contribution in [2.24, 2.45) is 0 Å². The molecular formula is C22H31N3O3. The SMILES string of the molecule is CCCCCCc1ccc(C(=O)N(CC(=O)Nc2ccon2)C(C)(C)C)cc1. The summed E-state index contributed by atoms with van der Waals surface area (Å²) >= 11 is 0. The first kappa shape index (κ1) is 21.7. The third-order valence-electron chi connectivity index (χ3n) is 4.58. The van der Waals surface area contributed by atoms with Crippen LogP contribution in [0.5, 0.6) is 0 Å². The van der Waals surface area contributed by atoms with Crippen LogP contribution in [-0.4, -0.2) is 34.0 Å². The van der Waals surface area contributed by atoms with E-state index in [0.717, 1.165) is 12.8 Å². The molecule has 0 aliphatic rings. The molecule has 0 aliphatic carbocycles. The van der Waals surface area contributed by atoms with Gasteiger partial charge in [0, 0.05) is 17.2 Å². The van der Waals surface area contributed by atoms with Gasteiger partial charge in [-0.25, -0.2) is 0 Å². The average molecular weight is 386 g/mol. The molecule has 0 aliphatic heterocycles. The van der Waals surface area contributed by atoms with Crippen molar-refractivity contribution in [3.63, 3.8) is 0 Å². The lowest BCUT2D eigenvalue weighted by molar-refractivity contribution is -0.117. The Morgan fingerprint density at radius 1 is 1.07 bits per heavy atom. The van der Waals surface area contributed by atoms with Crippen molar-refractivity contribution in [3.8, 4) is 0 Å². The summed E-state index contributed by atoms with van der Waals surface area (Å²) in [6.45, 7) is 7.88. The molecule has 1 heterocycles. The number of aryl methyl sites for hydroxylation is 1. The number of carbonyl (C=O) groups excluding carboxylic acids is 2. The molecule has 0 atom stereocenters. The van der Waals surface area contributed by atoms with E-state index in [1.54, 1.807) is 11.0 Å². The highest BCUT2D eigenvalue weighted by atomic mass is 16.5. The summed E-state index contributed by atoms with van der Waals surface area (Å²) in [4.78, 5) is 27.0. The van der Waals surface area contributed by atoms with Gasteiger partial charge in [-0.15, -0.1) is 0 Å². The Morgan fingerprint density at radius 2 is 1.79 bits per heavy atom. The molecule has 0 unspecified atom stereocenters. The van der Waals surface area contributed by atoms with Crippen LogP contribution in [-0.2, 0) is 11.2 Å². The number of unbranched alkanes of at least 4 members (excludes halogenated alkanes) is 3. The lowest BCUT2D eigenvalue weighted by Crippen LogP contribution is -2.49. The number of nitrogens with one attached hydrogen (secondary N) is 1. The fourth-order valence-electron chi connectivity index (χ4n) is 2.94. The number of carbonyl (C=O) groups is 2. The average Bonchev–Trinajstić information content (AvgIpc) is 3.15. The van der Waals surface area contributed by atoms with Crippen LogP contribution < -0.4 is 5.32 Å². The van der Waals surface area contributed by atoms with Gasteiger partial charge in [-0.2, -0.15) is 0 Å². The molecule has 152 valence electrons. The van der Waals surface area contributed by atoms with E-state index in [0.29, 0.717) is 11.4 Å². The number of nitrogens with zero attached hydrogens (tertiary/aromatic N) is 2. The maximum Gasteiger partial charge on any atom is 0.254 e. The van der Waals surface area contributed by atoms with Gasteiger partial charge in [0.25, 0.3) is 5.91 Å². The second kappa shape index (κ2) is 10.1. The van der Waals surface area contributed by atoms with Gasteiger partial charge in [0.1, 0.15) is 12.8 Å². The first-order chi connectivity index (χ1) is 13.3. The van der Waals surface area contributed by atoms with E-state index in [4.69, 9.17) is 4.52 Å². The van der Waals surface area contributed by atoms with Gasteiger partial charge >= 0.3 is 0 Å². The summed E-state index contributed by atoms with van der Waals surface area (Å²) in [5.41, 5.74) is 1.32. The van der Waals surface area contributed by atoms with Crippen molar-refractivity contribution in [2.75, 3.05) is 11.9 Å². The molecule has 0 spiro atoms. The standard InChI is InChI=1S/C22H31N3O3/c1-5-6-7-8-9-17-10-12-18(13-11-17)21(27)25(22(2,3)4)16-20(26)23-19-14-15-28-24-19/h10-15H,5-9,16H2,1-4H3,(H,23,24,26). The Balaban J connectivity index is 2.02. The van der Waals surface area contributed by atoms with Gasteiger partial charge in [-0.1, -0.05) is 43.5 Å². The Kier molecular flexibility index (Phi) is 7.79. The number of amides is 2. The normalized spacial score (nSPS) is 11.3. The van der Waals surface area contributed by atoms with Crippen LogP contribution in [0.3, 0.4) is 0 Å². The molecule has 0 fully saturated rings. The summed E-state index contributed by atoms with van der Waals surface area (Å²) in [5, 5.41) is 6.30. The molecule has 0 saturated carbocycles. The second-order valence-corrected chi connectivity index (χ2v) is 8.00. The van der Waals surface area contributed by atoms with Crippen LogP contribution in [0.2, 0.25) is 0 Å². The van der Waals surface area contributed by atoms with Crippen LogP contribution in [0.15, 0.2) is 41.1 Å². The van der Waals surface area contributed by atoms with Crippen molar-refractivity contribution in [2.45, 2.75) is 65.3 Å². The molecule has 6 heteroatoms. The number of benzene rings is 1. The van der Waals surface area contributed by atoms with Gasteiger partial charge in [-0.3, -0.25) is 9.59 Å². The molecule has 1 N–H and O–H groups in total. The molecule has 2 amide bonds. The molecular weight excluding hydrogens is 354 g/mol. The predicted molar refractivity (Wildman–Crippen MR) is 110 cm³/mol. The topological polar surface area (TPSA) is 75.4 Å². The molecule has 28 heavy (non-hydrogen) atoms. The van der Waals surface area contributed by atoms with Crippen molar-refractivity contribution >= 4 is 17.6 Å². The van der Waals surface area contributed by atoms with E-state index < -0.39 is 5.54 Å². The van der Waals surface area contributed by atoms with Crippen LogP contribution in [0.1, 0.15) is 69.3 Å². The van der Waals surface area contributed by atoms with E-state index in [1.807, 2.05) is 45.0 Å². The minimum absolute atomic E-state index is 0.0615. The van der Waals surface area contributed by atoms with E-state index in [9.17, 15) is 9.59 Å². The number of hydrogen-bond donors (Lipinski definition) is 1.